The summed E-state index contributed by atoms with van der Waals surface area (Å²) >= 11 is -0.116. The van der Waals surface area contributed by atoms with E-state index in [0.717, 1.165) is 5.70 Å². The van der Waals surface area contributed by atoms with Crippen LogP contribution in [0.2, 0.25) is 0 Å². The van der Waals surface area contributed by atoms with Crippen LogP contribution in [0.1, 0.15) is 0 Å². The average molecular weight is 223 g/mol. The van der Waals surface area contributed by atoms with E-state index >= 15 is 0 Å². The van der Waals surface area contributed by atoms with E-state index < -0.39 is 0 Å². The van der Waals surface area contributed by atoms with Gasteiger partial charge in [0.1, 0.15) is 0 Å². The molecule has 1 rings (SSSR count). The first-order chi connectivity index (χ1) is 3.93. The maximum absolute atomic E-state index is 8.51. The van der Waals surface area contributed by atoms with Gasteiger partial charge in [0, 0.05) is 21.0 Å². The molecule has 1 heterocycles. The number of hydrogen-bond donors (Lipinski definition) is 1. The second-order valence-electron chi connectivity index (χ2n) is 1.32. The van der Waals surface area contributed by atoms with Crippen molar-refractivity contribution in [2.75, 3.05) is 6.61 Å². The lowest BCUT2D eigenvalue weighted by Crippen LogP contribution is -1.83. The number of allylic oxidation sites excluding steroid dienone is 2. The van der Waals surface area contributed by atoms with Crippen molar-refractivity contribution < 1.29 is 5.11 Å². The molecule has 0 aromatic heterocycles. The van der Waals surface area contributed by atoms with E-state index in [4.69, 9.17) is 5.11 Å². The zero-order chi connectivity index (χ0) is 5.82. The van der Waals surface area contributed by atoms with Crippen molar-refractivity contribution in [2.24, 2.45) is 3.15 Å². The molecule has 3 heteroatoms. The summed E-state index contributed by atoms with van der Waals surface area (Å²) in [6.45, 7) is 0.0874. The molecule has 44 valence electrons. The van der Waals surface area contributed by atoms with Crippen molar-refractivity contribution in [1.29, 1.82) is 0 Å². The van der Waals surface area contributed by atoms with Crippen LogP contribution in [-0.2, 0) is 0 Å². The first kappa shape index (κ1) is 6.10. The van der Waals surface area contributed by atoms with Gasteiger partial charge in [-0.2, -0.15) is 0 Å². The second-order valence-corrected chi connectivity index (χ2v) is 3.08. The molecule has 2 nitrogen and oxygen atoms in total. The third-order valence-electron chi connectivity index (χ3n) is 0.737. The Morgan fingerprint density at radius 1 is 1.75 bits per heavy atom. The van der Waals surface area contributed by atoms with Crippen LogP contribution in [0, 0.1) is 0 Å². The van der Waals surface area contributed by atoms with E-state index in [9.17, 15) is 0 Å². The molecular formula is C5H6INO. The van der Waals surface area contributed by atoms with Gasteiger partial charge in [0.15, 0.2) is 0 Å². The Balaban J connectivity index is 2.68. The fourth-order valence-electron chi connectivity index (χ4n) is 0.378. The van der Waals surface area contributed by atoms with Crippen molar-refractivity contribution in [3.8, 4) is 0 Å². The lowest BCUT2D eigenvalue weighted by molar-refractivity contribution is 0.330. The maximum Gasteiger partial charge on any atom is 0.0857 e. The van der Waals surface area contributed by atoms with Gasteiger partial charge in [-0.25, -0.2) is 3.15 Å². The average Bonchev–Trinajstić information content (AvgIpc) is 1.90. The van der Waals surface area contributed by atoms with Gasteiger partial charge in [0.25, 0.3) is 0 Å². The Hall–Kier alpha value is -0.0300. The number of halogens is 1. The largest absolute Gasteiger partial charge is 0.390 e. The Morgan fingerprint density at radius 3 is 3.00 bits per heavy atom. The van der Waals surface area contributed by atoms with Crippen molar-refractivity contribution in [1.82, 2.24) is 0 Å². The van der Waals surface area contributed by atoms with Gasteiger partial charge in [-0.1, -0.05) is 6.08 Å². The van der Waals surface area contributed by atoms with Crippen LogP contribution < -0.4 is 0 Å². The summed E-state index contributed by atoms with van der Waals surface area (Å²) in [5, 5.41) is 8.51. The van der Waals surface area contributed by atoms with Gasteiger partial charge in [-0.05, 0) is 10.2 Å². The number of aliphatic hydroxyl groups excluding tert-OH is 1. The van der Waals surface area contributed by atoms with E-state index in [1.807, 2.05) is 12.2 Å². The third kappa shape index (κ3) is 1.48. The van der Waals surface area contributed by atoms with Crippen LogP contribution in [-0.4, -0.2) is 11.7 Å². The molecule has 0 radical (unpaired) electrons. The van der Waals surface area contributed by atoms with Gasteiger partial charge in [-0.15, -0.1) is 0 Å². The number of nitrogens with zero attached hydrogens (tertiary/aromatic N) is 1. The summed E-state index contributed by atoms with van der Waals surface area (Å²) in [6.07, 6.45) is 3.79. The molecule has 0 saturated heterocycles. The zero-order valence-electron chi connectivity index (χ0n) is 4.21. The van der Waals surface area contributed by atoms with Crippen LogP contribution in [0.4, 0.5) is 0 Å². The fraction of sp³-hybridized carbons (Fsp3) is 0.200. The molecule has 0 fully saturated rings. The first-order valence-corrected chi connectivity index (χ1v) is 4.45. The minimum atomic E-state index is -0.116. The van der Waals surface area contributed by atoms with E-state index in [-0.39, 0.29) is 27.6 Å². The Labute approximate surface area is 58.1 Å². The van der Waals surface area contributed by atoms with E-state index in [1.165, 1.54) is 0 Å². The second kappa shape index (κ2) is 3.09. The smallest absolute Gasteiger partial charge is 0.0857 e. The van der Waals surface area contributed by atoms with Gasteiger partial charge in [0.05, 0.1) is 12.3 Å². The molecular weight excluding hydrogens is 217 g/mol. The first-order valence-electron chi connectivity index (χ1n) is 2.24. The highest BCUT2D eigenvalue weighted by Crippen LogP contribution is 2.13. The van der Waals surface area contributed by atoms with Crippen molar-refractivity contribution in [2.45, 2.75) is 0 Å². The Morgan fingerprint density at radius 2 is 2.62 bits per heavy atom. The molecule has 0 unspecified atom stereocenters. The summed E-state index contributed by atoms with van der Waals surface area (Å²) in [5.41, 5.74) is 0.820. The summed E-state index contributed by atoms with van der Waals surface area (Å²) in [6, 6.07) is 0. The normalized spacial score (nSPS) is 17.4. The molecule has 0 aromatic rings. The minimum Gasteiger partial charge on any atom is -0.390 e. The van der Waals surface area contributed by atoms with Gasteiger partial charge < -0.3 is 5.11 Å². The lowest BCUT2D eigenvalue weighted by Gasteiger charge is -1.93. The van der Waals surface area contributed by atoms with Crippen LogP contribution in [0.15, 0.2) is 25.1 Å². The maximum atomic E-state index is 8.51. The minimum absolute atomic E-state index is 0.0874. The topological polar surface area (TPSA) is 32.6 Å². The van der Waals surface area contributed by atoms with Crippen LogP contribution in [0.3, 0.4) is 0 Å². The van der Waals surface area contributed by atoms with Crippen molar-refractivity contribution in [3.05, 3.63) is 21.9 Å². The fourth-order valence-corrected chi connectivity index (χ4v) is 1.60. The molecule has 0 atom stereocenters. The number of rotatable bonds is 1. The van der Waals surface area contributed by atoms with Gasteiger partial charge in [0.2, 0.25) is 0 Å². The van der Waals surface area contributed by atoms with Crippen molar-refractivity contribution in [3.63, 3.8) is 0 Å². The van der Waals surface area contributed by atoms with E-state index in [2.05, 4.69) is 7.23 Å². The molecule has 1 aliphatic heterocycles. The summed E-state index contributed by atoms with van der Waals surface area (Å²) < 4.78 is 6.14. The summed E-state index contributed by atoms with van der Waals surface area (Å²) in [5.74, 6) is 0. The van der Waals surface area contributed by atoms with Crippen molar-refractivity contribution >= 4 is 21.0 Å². The quantitative estimate of drug-likeness (QED) is 0.672. The monoisotopic (exact) mass is 223 g/mol. The predicted octanol–water partition coefficient (Wildman–Crippen LogP) is 1.54. The highest BCUT2D eigenvalue weighted by Gasteiger charge is 1.88. The molecule has 0 bridgehead atoms. The third-order valence-corrected chi connectivity index (χ3v) is 2.37. The Kier molecular flexibility index (Phi) is 2.35. The molecule has 0 saturated carbocycles. The van der Waals surface area contributed by atoms with E-state index in [0.29, 0.717) is 0 Å². The van der Waals surface area contributed by atoms with E-state index in [1.54, 1.807) is 0 Å². The van der Waals surface area contributed by atoms with Gasteiger partial charge >= 0.3 is 0 Å². The van der Waals surface area contributed by atoms with Gasteiger partial charge in [-0.3, -0.25) is 0 Å². The Bertz CT molecular complexity index is 160. The highest BCUT2D eigenvalue weighted by molar-refractivity contribution is 14.2. The summed E-state index contributed by atoms with van der Waals surface area (Å²) in [4.78, 5) is 0. The SMILES string of the molecule is OCC1=CC=CI=N1. The molecule has 0 aliphatic carbocycles. The number of hydrogen-bond acceptors (Lipinski definition) is 2. The number of aliphatic hydroxyl groups is 1. The lowest BCUT2D eigenvalue weighted by atomic mass is 10.4. The molecule has 0 spiro atoms. The summed E-state index contributed by atoms with van der Waals surface area (Å²) in [7, 11) is 0. The van der Waals surface area contributed by atoms with Crippen LogP contribution in [0.5, 0.6) is 0 Å². The highest BCUT2D eigenvalue weighted by atomic mass is 127. The zero-order valence-corrected chi connectivity index (χ0v) is 6.37. The van der Waals surface area contributed by atoms with Crippen LogP contribution >= 0.6 is 21.0 Å². The molecule has 1 N–H and O–H groups in total. The van der Waals surface area contributed by atoms with Crippen LogP contribution in [0.25, 0.3) is 0 Å². The molecule has 8 heavy (non-hydrogen) atoms. The predicted molar refractivity (Wildman–Crippen MR) is 40.8 cm³/mol. The molecule has 0 amide bonds. The standard InChI is InChI=1S/C5H6INO/c8-4-5-2-1-3-6-7-5/h1-3,8H,4H2. The molecule has 1 aliphatic rings. The molecule has 0 aromatic carbocycles.